The number of anilines is 1. The first-order valence-electron chi connectivity index (χ1n) is 3.40. The Morgan fingerprint density at radius 1 is 1.10 bits per heavy atom. The van der Waals surface area contributed by atoms with E-state index in [-0.39, 0.29) is 0 Å². The van der Waals surface area contributed by atoms with E-state index in [0.717, 1.165) is 13.1 Å². The maximum atomic E-state index is 8.94. The van der Waals surface area contributed by atoms with E-state index in [0.29, 0.717) is 5.75 Å². The second kappa shape index (κ2) is 1.90. The van der Waals surface area contributed by atoms with Gasteiger partial charge in [-0.25, -0.2) is 0 Å². The van der Waals surface area contributed by atoms with Crippen molar-refractivity contribution in [3.8, 4) is 5.75 Å². The highest BCUT2D eigenvalue weighted by molar-refractivity contribution is 5.52. The van der Waals surface area contributed by atoms with Crippen molar-refractivity contribution >= 4 is 5.69 Å². The second-order valence-corrected chi connectivity index (χ2v) is 2.50. The molecule has 0 unspecified atom stereocenters. The number of phenolic OH excluding ortho intramolecular Hbond substituents is 1. The van der Waals surface area contributed by atoms with Gasteiger partial charge in [-0.3, -0.25) is 0 Å². The van der Waals surface area contributed by atoms with Crippen LogP contribution < -0.4 is 4.90 Å². The molecule has 0 amide bonds. The van der Waals surface area contributed by atoms with Crippen molar-refractivity contribution in [3.63, 3.8) is 0 Å². The summed E-state index contributed by atoms with van der Waals surface area (Å²) in [6, 6.07) is 7.30. The van der Waals surface area contributed by atoms with Gasteiger partial charge < -0.3 is 10.0 Å². The highest BCUT2D eigenvalue weighted by Crippen LogP contribution is 2.22. The van der Waals surface area contributed by atoms with Crippen molar-refractivity contribution in [2.45, 2.75) is 0 Å². The molecule has 2 nitrogen and oxygen atoms in total. The third kappa shape index (κ3) is 0.923. The summed E-state index contributed by atoms with van der Waals surface area (Å²) in [7, 11) is 0. The van der Waals surface area contributed by atoms with E-state index in [1.54, 1.807) is 12.1 Å². The van der Waals surface area contributed by atoms with E-state index in [4.69, 9.17) is 5.11 Å². The number of phenols is 1. The summed E-state index contributed by atoms with van der Waals surface area (Å²) in [5.41, 5.74) is 1.21. The summed E-state index contributed by atoms with van der Waals surface area (Å²) in [5, 5.41) is 8.94. The van der Waals surface area contributed by atoms with Gasteiger partial charge in [-0.2, -0.15) is 0 Å². The van der Waals surface area contributed by atoms with Gasteiger partial charge in [0.25, 0.3) is 0 Å². The van der Waals surface area contributed by atoms with Gasteiger partial charge >= 0.3 is 0 Å². The molecule has 2 heteroatoms. The Bertz CT molecular complexity index is 226. The number of nitrogens with zero attached hydrogens (tertiary/aromatic N) is 1. The molecule has 1 aromatic carbocycles. The summed E-state index contributed by atoms with van der Waals surface area (Å²) in [6.07, 6.45) is 0. The number of rotatable bonds is 1. The molecule has 0 radical (unpaired) electrons. The van der Waals surface area contributed by atoms with E-state index < -0.39 is 0 Å². The SMILES string of the molecule is Oc1ccc(N2CC2)cc1. The fraction of sp³-hybridized carbons (Fsp3) is 0.250. The highest BCUT2D eigenvalue weighted by Gasteiger charge is 2.16. The largest absolute Gasteiger partial charge is 0.508 e. The maximum absolute atomic E-state index is 8.94. The quantitative estimate of drug-likeness (QED) is 0.585. The second-order valence-electron chi connectivity index (χ2n) is 2.50. The number of aromatic hydroxyl groups is 1. The molecule has 1 aliphatic heterocycles. The predicted molar refractivity (Wildman–Crippen MR) is 40.3 cm³/mol. The van der Waals surface area contributed by atoms with Crippen LogP contribution in [-0.2, 0) is 0 Å². The van der Waals surface area contributed by atoms with Crippen molar-refractivity contribution in [1.29, 1.82) is 0 Å². The zero-order chi connectivity index (χ0) is 6.97. The minimum Gasteiger partial charge on any atom is -0.508 e. The molecule has 1 N–H and O–H groups in total. The number of hydrogen-bond donors (Lipinski definition) is 1. The molecule has 1 fully saturated rings. The molecular formula is C8H9NO. The molecule has 1 aliphatic rings. The lowest BCUT2D eigenvalue weighted by atomic mass is 10.3. The van der Waals surface area contributed by atoms with E-state index >= 15 is 0 Å². The van der Waals surface area contributed by atoms with Gasteiger partial charge in [-0.05, 0) is 24.3 Å². The third-order valence-electron chi connectivity index (χ3n) is 1.66. The molecule has 1 saturated heterocycles. The smallest absolute Gasteiger partial charge is 0.115 e. The summed E-state index contributed by atoms with van der Waals surface area (Å²) in [6.45, 7) is 2.32. The molecule has 0 spiro atoms. The van der Waals surface area contributed by atoms with Crippen LogP contribution in [0, 0.1) is 0 Å². The lowest BCUT2D eigenvalue weighted by Crippen LogP contribution is -1.88. The molecule has 2 rings (SSSR count). The van der Waals surface area contributed by atoms with Gasteiger partial charge in [0, 0.05) is 18.8 Å². The van der Waals surface area contributed by atoms with Crippen molar-refractivity contribution in [1.82, 2.24) is 0 Å². The summed E-state index contributed by atoms with van der Waals surface area (Å²) in [4.78, 5) is 2.24. The molecule has 52 valence electrons. The normalized spacial score (nSPS) is 15.4. The fourth-order valence-corrected chi connectivity index (χ4v) is 0.972. The van der Waals surface area contributed by atoms with Gasteiger partial charge in [-0.1, -0.05) is 0 Å². The Balaban J connectivity index is 2.28. The Labute approximate surface area is 59.7 Å². The molecule has 0 atom stereocenters. The minimum atomic E-state index is 0.339. The lowest BCUT2D eigenvalue weighted by molar-refractivity contribution is 0.475. The van der Waals surface area contributed by atoms with Crippen molar-refractivity contribution in [2.75, 3.05) is 18.0 Å². The van der Waals surface area contributed by atoms with Gasteiger partial charge in [0.1, 0.15) is 5.75 Å². The van der Waals surface area contributed by atoms with Crippen LogP contribution in [0.1, 0.15) is 0 Å². The number of hydrogen-bond acceptors (Lipinski definition) is 2. The van der Waals surface area contributed by atoms with Crippen molar-refractivity contribution in [2.24, 2.45) is 0 Å². The van der Waals surface area contributed by atoms with E-state index in [1.165, 1.54) is 5.69 Å². The Hall–Kier alpha value is -1.18. The topological polar surface area (TPSA) is 23.2 Å². The average Bonchev–Trinajstić information content (AvgIpc) is 2.71. The molecular weight excluding hydrogens is 126 g/mol. The Kier molecular flexibility index (Phi) is 1.07. The first kappa shape index (κ1) is 5.59. The predicted octanol–water partition coefficient (Wildman–Crippen LogP) is 1.21. The van der Waals surface area contributed by atoms with Crippen LogP contribution in [-0.4, -0.2) is 18.2 Å². The van der Waals surface area contributed by atoms with Gasteiger partial charge in [-0.15, -0.1) is 0 Å². The molecule has 0 aromatic heterocycles. The van der Waals surface area contributed by atoms with Gasteiger partial charge in [0.15, 0.2) is 0 Å². The zero-order valence-corrected chi connectivity index (χ0v) is 5.62. The molecule has 0 aliphatic carbocycles. The lowest BCUT2D eigenvalue weighted by Gasteiger charge is -2.00. The van der Waals surface area contributed by atoms with Crippen LogP contribution in [0.4, 0.5) is 5.69 Å². The zero-order valence-electron chi connectivity index (χ0n) is 5.62. The maximum Gasteiger partial charge on any atom is 0.115 e. The van der Waals surface area contributed by atoms with Gasteiger partial charge in [0.2, 0.25) is 0 Å². The van der Waals surface area contributed by atoms with E-state index in [2.05, 4.69) is 4.90 Å². The first-order valence-corrected chi connectivity index (χ1v) is 3.40. The molecule has 1 aromatic rings. The Morgan fingerprint density at radius 2 is 1.70 bits per heavy atom. The molecule has 1 heterocycles. The molecule has 0 bridgehead atoms. The van der Waals surface area contributed by atoms with E-state index in [9.17, 15) is 0 Å². The average molecular weight is 135 g/mol. The number of benzene rings is 1. The monoisotopic (exact) mass is 135 g/mol. The summed E-state index contributed by atoms with van der Waals surface area (Å²) < 4.78 is 0. The molecule has 10 heavy (non-hydrogen) atoms. The van der Waals surface area contributed by atoms with Gasteiger partial charge in [0.05, 0.1) is 0 Å². The van der Waals surface area contributed by atoms with Crippen LogP contribution in [0.25, 0.3) is 0 Å². The van der Waals surface area contributed by atoms with Crippen LogP contribution in [0.5, 0.6) is 5.75 Å². The first-order chi connectivity index (χ1) is 4.86. The summed E-state index contributed by atoms with van der Waals surface area (Å²) >= 11 is 0. The minimum absolute atomic E-state index is 0.339. The van der Waals surface area contributed by atoms with Crippen molar-refractivity contribution < 1.29 is 5.11 Å². The molecule has 0 saturated carbocycles. The van der Waals surface area contributed by atoms with E-state index in [1.807, 2.05) is 12.1 Å². The standard InChI is InChI=1S/C8H9NO/c10-8-3-1-7(2-4-8)9-5-6-9/h1-4,10H,5-6H2. The third-order valence-corrected chi connectivity index (χ3v) is 1.66. The van der Waals surface area contributed by atoms with Crippen LogP contribution in [0.2, 0.25) is 0 Å². The van der Waals surface area contributed by atoms with Crippen LogP contribution in [0.15, 0.2) is 24.3 Å². The Morgan fingerprint density at radius 3 is 2.20 bits per heavy atom. The fourth-order valence-electron chi connectivity index (χ4n) is 0.972. The van der Waals surface area contributed by atoms with Crippen LogP contribution >= 0.6 is 0 Å². The van der Waals surface area contributed by atoms with Crippen molar-refractivity contribution in [3.05, 3.63) is 24.3 Å². The van der Waals surface area contributed by atoms with Crippen LogP contribution in [0.3, 0.4) is 0 Å². The highest BCUT2D eigenvalue weighted by atomic mass is 16.3. The summed E-state index contributed by atoms with van der Waals surface area (Å²) in [5.74, 6) is 0.339.